The lowest BCUT2D eigenvalue weighted by molar-refractivity contribution is -0.111. The highest BCUT2D eigenvalue weighted by molar-refractivity contribution is 5.98. The van der Waals surface area contributed by atoms with E-state index < -0.39 is 6.68 Å². The van der Waals surface area contributed by atoms with E-state index in [9.17, 15) is 18.0 Å². The van der Waals surface area contributed by atoms with Crippen LogP contribution < -0.4 is 10.1 Å². The van der Waals surface area contributed by atoms with E-state index in [0.717, 1.165) is 5.56 Å². The molecule has 0 bridgehead atoms. The van der Waals surface area contributed by atoms with Crippen molar-refractivity contribution in [2.24, 2.45) is 5.92 Å². The minimum absolute atomic E-state index is 0.309. The number of halogens is 3. The van der Waals surface area contributed by atoms with E-state index in [1.807, 2.05) is 6.08 Å². The number of nitrogens with one attached hydrogen (secondary N) is 1. The van der Waals surface area contributed by atoms with Crippen molar-refractivity contribution in [3.8, 4) is 5.88 Å². The second-order valence-electron chi connectivity index (χ2n) is 5.39. The number of carbonyl (C=O) groups excluding carboxylic acids is 1. The van der Waals surface area contributed by atoms with E-state index in [2.05, 4.69) is 28.2 Å². The molecule has 5 nitrogen and oxygen atoms in total. The number of alkyl halides is 3. The van der Waals surface area contributed by atoms with E-state index >= 15 is 0 Å². The van der Waals surface area contributed by atoms with Crippen LogP contribution in [0.5, 0.6) is 5.88 Å². The molecule has 1 aliphatic rings. The summed E-state index contributed by atoms with van der Waals surface area (Å²) < 4.78 is 34.2. The number of anilines is 1. The van der Waals surface area contributed by atoms with Crippen molar-refractivity contribution >= 4 is 17.8 Å². The highest BCUT2D eigenvalue weighted by atomic mass is 19.4. The highest BCUT2D eigenvalue weighted by Crippen LogP contribution is 2.26. The van der Waals surface area contributed by atoms with Crippen molar-refractivity contribution in [1.82, 2.24) is 10.2 Å². The summed E-state index contributed by atoms with van der Waals surface area (Å²) in [4.78, 5) is 11.3. The van der Waals surface area contributed by atoms with Crippen LogP contribution in [-0.4, -0.2) is 29.9 Å². The Morgan fingerprint density at radius 1 is 1.32 bits per heavy atom. The van der Waals surface area contributed by atoms with Gasteiger partial charge in [-0.3, -0.25) is 4.79 Å². The molecular weight excluding hydrogens is 335 g/mol. The molecule has 0 unspecified atom stereocenters. The Kier molecular flexibility index (Phi) is 9.28. The Hall–Kier alpha value is -2.38. The summed E-state index contributed by atoms with van der Waals surface area (Å²) >= 11 is 0. The van der Waals surface area contributed by atoms with Crippen LogP contribution >= 0.6 is 0 Å². The summed E-state index contributed by atoms with van der Waals surface area (Å²) in [5.41, 5.74) is 0.817. The topological polar surface area (TPSA) is 64.1 Å². The zero-order valence-electron chi connectivity index (χ0n) is 14.1. The lowest BCUT2D eigenvalue weighted by Crippen LogP contribution is -2.10. The predicted molar refractivity (Wildman–Crippen MR) is 90.1 cm³/mol. The SMILES string of the molecule is C=CC(=O)Nc1cc(/C=C/C2CCCCC2)c(OC)nn1.FC(F)F. The van der Waals surface area contributed by atoms with Crippen LogP contribution in [0.1, 0.15) is 37.7 Å². The molecule has 1 aromatic heterocycles. The van der Waals surface area contributed by atoms with Gasteiger partial charge < -0.3 is 10.1 Å². The van der Waals surface area contributed by atoms with Gasteiger partial charge in [-0.25, -0.2) is 0 Å². The van der Waals surface area contributed by atoms with Crippen molar-refractivity contribution < 1.29 is 22.7 Å². The predicted octanol–water partition coefficient (Wildman–Crippen LogP) is 4.38. The molecule has 0 radical (unpaired) electrons. The normalized spacial score (nSPS) is 14.8. The van der Waals surface area contributed by atoms with Gasteiger partial charge in [0.25, 0.3) is 0 Å². The fourth-order valence-corrected chi connectivity index (χ4v) is 2.48. The van der Waals surface area contributed by atoms with Gasteiger partial charge in [0.1, 0.15) is 0 Å². The lowest BCUT2D eigenvalue weighted by atomic mass is 9.89. The Bertz CT molecular complexity index is 586. The summed E-state index contributed by atoms with van der Waals surface area (Å²) in [7, 11) is 1.56. The monoisotopic (exact) mass is 357 g/mol. The Labute approximate surface area is 145 Å². The molecule has 138 valence electrons. The van der Waals surface area contributed by atoms with Gasteiger partial charge in [0.2, 0.25) is 11.8 Å². The van der Waals surface area contributed by atoms with Crippen LogP contribution in [0.2, 0.25) is 0 Å². The average Bonchev–Trinajstić information content (AvgIpc) is 2.60. The summed E-state index contributed by atoms with van der Waals surface area (Å²) in [6, 6.07) is 1.76. The molecule has 1 aliphatic carbocycles. The fourth-order valence-electron chi connectivity index (χ4n) is 2.48. The first-order chi connectivity index (χ1) is 12.0. The van der Waals surface area contributed by atoms with E-state index in [0.29, 0.717) is 17.6 Å². The lowest BCUT2D eigenvalue weighted by Gasteiger charge is -2.17. The van der Waals surface area contributed by atoms with E-state index in [4.69, 9.17) is 4.74 Å². The third-order valence-corrected chi connectivity index (χ3v) is 3.62. The second kappa shape index (κ2) is 11.2. The van der Waals surface area contributed by atoms with Crippen LogP contribution in [0.15, 0.2) is 24.8 Å². The van der Waals surface area contributed by atoms with Crippen molar-refractivity contribution in [3.05, 3.63) is 30.4 Å². The van der Waals surface area contributed by atoms with E-state index in [-0.39, 0.29) is 5.91 Å². The van der Waals surface area contributed by atoms with Crippen molar-refractivity contribution in [2.75, 3.05) is 12.4 Å². The van der Waals surface area contributed by atoms with E-state index in [1.165, 1.54) is 38.2 Å². The van der Waals surface area contributed by atoms with Gasteiger partial charge in [-0.05, 0) is 30.9 Å². The van der Waals surface area contributed by atoms with Crippen molar-refractivity contribution in [2.45, 2.75) is 38.8 Å². The highest BCUT2D eigenvalue weighted by Gasteiger charge is 2.11. The first-order valence-electron chi connectivity index (χ1n) is 7.91. The summed E-state index contributed by atoms with van der Waals surface area (Å²) in [5, 5.41) is 10.5. The maximum atomic E-state index is 11.3. The van der Waals surface area contributed by atoms with Gasteiger partial charge in [-0.2, -0.15) is 13.2 Å². The summed E-state index contributed by atoms with van der Waals surface area (Å²) in [5.74, 6) is 1.15. The molecule has 1 N–H and O–H groups in total. The molecule has 1 aromatic rings. The maximum absolute atomic E-state index is 11.3. The molecule has 1 fully saturated rings. The first-order valence-corrected chi connectivity index (χ1v) is 7.91. The van der Waals surface area contributed by atoms with Gasteiger partial charge >= 0.3 is 6.68 Å². The Morgan fingerprint density at radius 2 is 1.96 bits per heavy atom. The molecule has 1 saturated carbocycles. The van der Waals surface area contributed by atoms with Gasteiger partial charge in [-0.1, -0.05) is 38.0 Å². The fraction of sp³-hybridized carbons (Fsp3) is 0.471. The van der Waals surface area contributed by atoms with Crippen LogP contribution in [0, 0.1) is 5.92 Å². The zero-order valence-corrected chi connectivity index (χ0v) is 14.1. The number of ether oxygens (including phenoxy) is 1. The quantitative estimate of drug-likeness (QED) is 0.794. The number of amides is 1. The van der Waals surface area contributed by atoms with Crippen molar-refractivity contribution in [3.63, 3.8) is 0 Å². The largest absolute Gasteiger partial charge is 0.479 e. The molecule has 0 spiro atoms. The standard InChI is InChI=1S/C16H21N3O2.CHF3/c1-3-15(20)17-14-11-13(16(21-2)19-18-14)10-9-12-7-5-4-6-8-12;2-1(3)4/h3,9-12H,1,4-8H2,2H3,(H,17,18,20);1H/b10-9+;. The number of hydrogen-bond donors (Lipinski definition) is 1. The first kappa shape index (κ1) is 20.7. The number of methoxy groups -OCH3 is 1. The van der Waals surface area contributed by atoms with E-state index in [1.54, 1.807) is 13.2 Å². The smallest absolute Gasteiger partial charge is 0.379 e. The molecule has 8 heteroatoms. The third-order valence-electron chi connectivity index (χ3n) is 3.62. The van der Waals surface area contributed by atoms with Crippen molar-refractivity contribution in [1.29, 1.82) is 0 Å². The minimum Gasteiger partial charge on any atom is -0.479 e. The number of aromatic nitrogens is 2. The van der Waals surface area contributed by atoms with Crippen LogP contribution in [0.4, 0.5) is 19.0 Å². The third kappa shape index (κ3) is 8.32. The molecule has 2 rings (SSSR count). The van der Waals surface area contributed by atoms with Crippen LogP contribution in [0.25, 0.3) is 6.08 Å². The van der Waals surface area contributed by atoms with Crippen LogP contribution in [-0.2, 0) is 4.79 Å². The molecule has 0 aromatic carbocycles. The van der Waals surface area contributed by atoms with Crippen LogP contribution in [0.3, 0.4) is 0 Å². The zero-order chi connectivity index (χ0) is 18.7. The summed E-state index contributed by atoms with van der Waals surface area (Å²) in [6.07, 6.45) is 11.8. The van der Waals surface area contributed by atoms with Gasteiger partial charge in [0.05, 0.1) is 7.11 Å². The number of hydrogen-bond acceptors (Lipinski definition) is 4. The average molecular weight is 357 g/mol. The molecule has 1 heterocycles. The molecular formula is C17H22F3N3O2. The molecule has 0 saturated heterocycles. The van der Waals surface area contributed by atoms with Gasteiger partial charge in [0.15, 0.2) is 5.82 Å². The maximum Gasteiger partial charge on any atom is 0.379 e. The molecule has 1 amide bonds. The Balaban J connectivity index is 0.000000705. The molecule has 25 heavy (non-hydrogen) atoms. The Morgan fingerprint density at radius 3 is 2.52 bits per heavy atom. The van der Waals surface area contributed by atoms with Gasteiger partial charge in [-0.15, -0.1) is 10.2 Å². The number of allylic oxidation sites excluding steroid dienone is 1. The molecule has 0 aliphatic heterocycles. The number of nitrogens with zero attached hydrogens (tertiary/aromatic N) is 2. The molecule has 0 atom stereocenters. The second-order valence-corrected chi connectivity index (χ2v) is 5.39. The summed E-state index contributed by atoms with van der Waals surface area (Å²) in [6.45, 7) is -0.255. The number of rotatable bonds is 5. The number of carbonyl (C=O) groups is 1. The van der Waals surface area contributed by atoms with Gasteiger partial charge in [0, 0.05) is 5.56 Å². The minimum atomic E-state index is -3.67.